The zero-order valence-corrected chi connectivity index (χ0v) is 12.2. The minimum absolute atomic E-state index is 0.225. The van der Waals surface area contributed by atoms with Gasteiger partial charge in [-0.25, -0.2) is 4.79 Å². The van der Waals surface area contributed by atoms with Crippen molar-refractivity contribution < 1.29 is 14.5 Å². The van der Waals surface area contributed by atoms with E-state index in [1.807, 2.05) is 46.4 Å². The second kappa shape index (κ2) is 3.47. The van der Waals surface area contributed by atoms with E-state index in [9.17, 15) is 9.90 Å². The van der Waals surface area contributed by atoms with Crippen molar-refractivity contribution in [3.05, 3.63) is 0 Å². The maximum atomic E-state index is 11.8. The second-order valence-electron chi connectivity index (χ2n) is 6.23. The van der Waals surface area contributed by atoms with Gasteiger partial charge < -0.3 is 5.11 Å². The van der Waals surface area contributed by atoms with Gasteiger partial charge in [0.05, 0.1) is 19.5 Å². The van der Waals surface area contributed by atoms with Crippen LogP contribution < -0.4 is 0 Å². The SMILES string of the molecule is CC1=[N+](C)C(C)(C(=O)O)C(C)(C)C(C)(C)N1C. The van der Waals surface area contributed by atoms with Gasteiger partial charge in [0, 0.05) is 6.92 Å². The van der Waals surface area contributed by atoms with Gasteiger partial charge in [0.1, 0.15) is 5.54 Å². The highest BCUT2D eigenvalue weighted by molar-refractivity contribution is 5.83. The predicted molar refractivity (Wildman–Crippen MR) is 68.5 cm³/mol. The predicted octanol–water partition coefficient (Wildman–Crippen LogP) is 1.64. The molecule has 1 aliphatic heterocycles. The molecule has 98 valence electrons. The van der Waals surface area contributed by atoms with Crippen LogP contribution in [-0.2, 0) is 4.79 Å². The Labute approximate surface area is 104 Å². The standard InChI is InChI=1S/C13H24N2O2/c1-9-14(7)12(4,5)11(2,3)13(6,10(16)17)15(9)8/h1-8H3/p+1. The number of nitrogens with zero attached hydrogens (tertiary/aromatic N) is 2. The van der Waals surface area contributed by atoms with Crippen molar-refractivity contribution in [1.29, 1.82) is 0 Å². The molecule has 0 aromatic rings. The quantitative estimate of drug-likeness (QED) is 0.710. The number of carbonyl (C=O) groups is 1. The molecule has 0 saturated carbocycles. The summed E-state index contributed by atoms with van der Waals surface area (Å²) in [7, 11) is 3.88. The van der Waals surface area contributed by atoms with Gasteiger partial charge >= 0.3 is 5.97 Å². The molecule has 1 rings (SSSR count). The third kappa shape index (κ3) is 1.36. The molecular weight excluding hydrogens is 216 g/mol. The first-order chi connectivity index (χ1) is 7.42. The number of hydrogen-bond donors (Lipinski definition) is 1. The van der Waals surface area contributed by atoms with Crippen LogP contribution in [0.15, 0.2) is 0 Å². The molecule has 17 heavy (non-hydrogen) atoms. The van der Waals surface area contributed by atoms with E-state index in [1.54, 1.807) is 0 Å². The number of likely N-dealkylation sites (N-methyl/N-ethyl adjacent to an activating group) is 1. The molecule has 0 fully saturated rings. The van der Waals surface area contributed by atoms with Gasteiger partial charge in [0.15, 0.2) is 0 Å². The normalized spacial score (nSPS) is 31.6. The van der Waals surface area contributed by atoms with Crippen molar-refractivity contribution in [2.75, 3.05) is 14.1 Å². The summed E-state index contributed by atoms with van der Waals surface area (Å²) in [6, 6.07) is 0. The Kier molecular flexibility index (Phi) is 2.86. The smallest absolute Gasteiger partial charge is 0.352 e. The molecule has 0 amide bonds. The molecule has 0 saturated heterocycles. The van der Waals surface area contributed by atoms with Crippen molar-refractivity contribution in [3.8, 4) is 0 Å². The maximum Gasteiger partial charge on any atom is 0.352 e. The van der Waals surface area contributed by atoms with Gasteiger partial charge in [-0.15, -0.1) is 0 Å². The average molecular weight is 241 g/mol. The van der Waals surface area contributed by atoms with E-state index in [0.29, 0.717) is 0 Å². The van der Waals surface area contributed by atoms with Crippen molar-refractivity contribution in [1.82, 2.24) is 4.90 Å². The van der Waals surface area contributed by atoms with Crippen molar-refractivity contribution in [2.24, 2.45) is 5.41 Å². The van der Waals surface area contributed by atoms with E-state index in [4.69, 9.17) is 0 Å². The molecule has 1 aliphatic rings. The first kappa shape index (κ1) is 14.0. The van der Waals surface area contributed by atoms with Gasteiger partial charge in [-0.1, -0.05) is 13.8 Å². The molecule has 0 aromatic heterocycles. The molecule has 1 unspecified atom stereocenters. The number of amidine groups is 1. The Hall–Kier alpha value is -1.06. The highest BCUT2D eigenvalue weighted by Gasteiger charge is 2.66. The fraction of sp³-hybridized carbons (Fsp3) is 0.846. The van der Waals surface area contributed by atoms with E-state index in [-0.39, 0.29) is 5.54 Å². The zero-order valence-electron chi connectivity index (χ0n) is 12.2. The summed E-state index contributed by atoms with van der Waals surface area (Å²) in [5, 5.41) is 9.67. The van der Waals surface area contributed by atoms with E-state index < -0.39 is 16.9 Å². The van der Waals surface area contributed by atoms with Crippen LogP contribution in [0.2, 0.25) is 0 Å². The number of carboxylic acid groups (broad SMARTS) is 1. The molecule has 0 spiro atoms. The summed E-state index contributed by atoms with van der Waals surface area (Å²) in [4.78, 5) is 13.9. The van der Waals surface area contributed by atoms with E-state index in [2.05, 4.69) is 18.7 Å². The summed E-state index contributed by atoms with van der Waals surface area (Å²) < 4.78 is 1.88. The van der Waals surface area contributed by atoms with E-state index in [0.717, 1.165) is 5.84 Å². The number of hydrogen-bond acceptors (Lipinski definition) is 2. The lowest BCUT2D eigenvalue weighted by atomic mass is 9.60. The Morgan fingerprint density at radius 1 is 1.24 bits per heavy atom. The highest BCUT2D eigenvalue weighted by atomic mass is 16.4. The summed E-state index contributed by atoms with van der Waals surface area (Å²) in [6.45, 7) is 12.0. The van der Waals surface area contributed by atoms with Crippen LogP contribution in [0.25, 0.3) is 0 Å². The Morgan fingerprint density at radius 3 is 2.00 bits per heavy atom. The largest absolute Gasteiger partial charge is 0.478 e. The first-order valence-electron chi connectivity index (χ1n) is 5.97. The lowest BCUT2D eigenvalue weighted by Crippen LogP contribution is -2.73. The molecule has 0 radical (unpaired) electrons. The van der Waals surface area contributed by atoms with Gasteiger partial charge in [-0.2, -0.15) is 0 Å². The topological polar surface area (TPSA) is 43.6 Å². The molecule has 0 aliphatic carbocycles. The zero-order chi connectivity index (χ0) is 13.8. The van der Waals surface area contributed by atoms with Gasteiger partial charge in [-0.05, 0) is 20.8 Å². The van der Waals surface area contributed by atoms with Gasteiger partial charge in [-0.3, -0.25) is 9.48 Å². The molecule has 0 aromatic carbocycles. The number of carboxylic acids is 1. The average Bonchev–Trinajstić information content (AvgIpc) is 2.22. The van der Waals surface area contributed by atoms with Gasteiger partial charge in [0.25, 0.3) is 0 Å². The lowest BCUT2D eigenvalue weighted by molar-refractivity contribution is -0.602. The van der Waals surface area contributed by atoms with Crippen molar-refractivity contribution in [3.63, 3.8) is 0 Å². The molecule has 0 bridgehead atoms. The van der Waals surface area contributed by atoms with Crippen molar-refractivity contribution >= 4 is 11.8 Å². The Balaban J connectivity index is 3.66. The van der Waals surface area contributed by atoms with Crippen LogP contribution in [0.1, 0.15) is 41.5 Å². The maximum absolute atomic E-state index is 11.8. The minimum atomic E-state index is -0.910. The van der Waals surface area contributed by atoms with Gasteiger partial charge in [0.2, 0.25) is 11.4 Å². The van der Waals surface area contributed by atoms with Crippen molar-refractivity contribution in [2.45, 2.75) is 52.6 Å². The van der Waals surface area contributed by atoms with Crippen LogP contribution in [0, 0.1) is 5.41 Å². The second-order valence-corrected chi connectivity index (χ2v) is 6.23. The molecular formula is C13H25N2O2+. The van der Waals surface area contributed by atoms with Crippen LogP contribution in [0.5, 0.6) is 0 Å². The molecule has 4 heteroatoms. The lowest BCUT2D eigenvalue weighted by Gasteiger charge is -2.54. The van der Waals surface area contributed by atoms with Crippen LogP contribution >= 0.6 is 0 Å². The molecule has 1 heterocycles. The summed E-state index contributed by atoms with van der Waals surface area (Å²) in [5.41, 5.74) is -1.53. The third-order valence-corrected chi connectivity index (χ3v) is 5.64. The van der Waals surface area contributed by atoms with Crippen LogP contribution in [0.3, 0.4) is 0 Å². The summed E-state index contributed by atoms with van der Waals surface area (Å²) >= 11 is 0. The Morgan fingerprint density at radius 2 is 1.65 bits per heavy atom. The minimum Gasteiger partial charge on any atom is -0.478 e. The number of rotatable bonds is 1. The molecule has 1 atom stereocenters. The summed E-state index contributed by atoms with van der Waals surface area (Å²) in [6.07, 6.45) is 0. The third-order valence-electron chi connectivity index (χ3n) is 5.64. The van der Waals surface area contributed by atoms with Crippen LogP contribution in [-0.4, -0.2) is 51.6 Å². The number of aliphatic carboxylic acids is 1. The van der Waals surface area contributed by atoms with Crippen LogP contribution in [0.4, 0.5) is 0 Å². The fourth-order valence-electron chi connectivity index (χ4n) is 2.80. The highest BCUT2D eigenvalue weighted by Crippen LogP contribution is 2.48. The summed E-state index contributed by atoms with van der Waals surface area (Å²) in [5.74, 6) is 0.213. The fourth-order valence-corrected chi connectivity index (χ4v) is 2.80. The Bertz CT molecular complexity index is 396. The monoisotopic (exact) mass is 241 g/mol. The first-order valence-corrected chi connectivity index (χ1v) is 5.97. The molecule has 1 N–H and O–H groups in total. The van der Waals surface area contributed by atoms with E-state index >= 15 is 0 Å². The molecule has 4 nitrogen and oxygen atoms in total. The van der Waals surface area contributed by atoms with E-state index in [1.165, 1.54) is 0 Å².